The fraction of sp³-hybridized carbons (Fsp3) is 0.217. The van der Waals surface area contributed by atoms with Crippen molar-refractivity contribution in [3.8, 4) is 0 Å². The molecule has 28 heavy (non-hydrogen) atoms. The summed E-state index contributed by atoms with van der Waals surface area (Å²) in [7, 11) is 0. The third-order valence-electron chi connectivity index (χ3n) is 5.56. The van der Waals surface area contributed by atoms with Crippen LogP contribution < -0.4 is 5.56 Å². The van der Waals surface area contributed by atoms with Crippen LogP contribution in [0.2, 0.25) is 0 Å². The predicted molar refractivity (Wildman–Crippen MR) is 110 cm³/mol. The Morgan fingerprint density at radius 3 is 2.89 bits per heavy atom. The van der Waals surface area contributed by atoms with Crippen LogP contribution in [0.4, 0.5) is 0 Å². The van der Waals surface area contributed by atoms with E-state index in [1.165, 1.54) is 5.69 Å². The third kappa shape index (κ3) is 2.94. The van der Waals surface area contributed by atoms with Crippen molar-refractivity contribution in [3.63, 3.8) is 0 Å². The molecule has 1 aliphatic rings. The molecular formula is C23H22N4O. The smallest absolute Gasteiger partial charge is 0.252 e. The second-order valence-corrected chi connectivity index (χ2v) is 7.47. The standard InChI is InChI=1S/C23H22N4O/c1-16-7-8-17-14-18(23(28)25-20(17)13-16)15-27-12-11-26-10-4-6-21(26)22(27)19-5-2-3-9-24-19/h2-10,13-14,22H,11-12,15H2,1H3,(H,25,28)/t22-/m1/s1. The summed E-state index contributed by atoms with van der Waals surface area (Å²) in [4.78, 5) is 22.8. The zero-order valence-electron chi connectivity index (χ0n) is 15.8. The summed E-state index contributed by atoms with van der Waals surface area (Å²) in [6.45, 7) is 4.40. The Bertz CT molecular complexity index is 1190. The lowest BCUT2D eigenvalue weighted by Gasteiger charge is -2.36. The van der Waals surface area contributed by atoms with Gasteiger partial charge in [-0.15, -0.1) is 0 Å². The van der Waals surface area contributed by atoms with Gasteiger partial charge in [0, 0.05) is 48.8 Å². The SMILES string of the molecule is Cc1ccc2cc(CN3CCn4cccc4[C@H]3c3ccccn3)c(=O)[nH]c2c1. The number of hydrogen-bond acceptors (Lipinski definition) is 3. The molecule has 1 atom stereocenters. The van der Waals surface area contributed by atoms with Crippen molar-refractivity contribution in [2.75, 3.05) is 6.54 Å². The van der Waals surface area contributed by atoms with E-state index in [1.807, 2.05) is 37.4 Å². The molecule has 0 radical (unpaired) electrons. The molecule has 0 saturated heterocycles. The molecule has 0 unspecified atom stereocenters. The molecule has 0 spiro atoms. The second kappa shape index (κ2) is 6.77. The number of rotatable bonds is 3. The molecule has 1 aliphatic heterocycles. The summed E-state index contributed by atoms with van der Waals surface area (Å²) in [5.41, 5.74) is 5.04. The number of hydrogen-bond donors (Lipinski definition) is 1. The quantitative estimate of drug-likeness (QED) is 0.599. The Morgan fingerprint density at radius 1 is 1.11 bits per heavy atom. The number of benzene rings is 1. The van der Waals surface area contributed by atoms with Crippen molar-refractivity contribution >= 4 is 10.9 Å². The van der Waals surface area contributed by atoms with Crippen LogP contribution in [0.5, 0.6) is 0 Å². The molecule has 3 aromatic heterocycles. The Balaban J connectivity index is 1.55. The molecule has 4 aromatic rings. The average molecular weight is 370 g/mol. The van der Waals surface area contributed by atoms with Gasteiger partial charge < -0.3 is 9.55 Å². The minimum Gasteiger partial charge on any atom is -0.348 e. The van der Waals surface area contributed by atoms with E-state index in [4.69, 9.17) is 0 Å². The summed E-state index contributed by atoms with van der Waals surface area (Å²) in [6, 6.07) is 18.5. The van der Waals surface area contributed by atoms with Crippen LogP contribution in [0.1, 0.15) is 28.6 Å². The maximum atomic E-state index is 12.8. The van der Waals surface area contributed by atoms with Gasteiger partial charge >= 0.3 is 0 Å². The van der Waals surface area contributed by atoms with Gasteiger partial charge in [-0.1, -0.05) is 18.2 Å². The van der Waals surface area contributed by atoms with Crippen LogP contribution in [0, 0.1) is 6.92 Å². The Morgan fingerprint density at radius 2 is 2.04 bits per heavy atom. The fourth-order valence-corrected chi connectivity index (χ4v) is 4.17. The lowest BCUT2D eigenvalue weighted by atomic mass is 10.0. The minimum atomic E-state index is -0.0150. The molecule has 140 valence electrons. The molecule has 1 aromatic carbocycles. The Kier molecular flexibility index (Phi) is 4.10. The highest BCUT2D eigenvalue weighted by molar-refractivity contribution is 5.79. The first-order valence-electron chi connectivity index (χ1n) is 9.61. The van der Waals surface area contributed by atoms with Gasteiger partial charge in [0.1, 0.15) is 0 Å². The number of nitrogens with zero attached hydrogens (tertiary/aromatic N) is 3. The number of fused-ring (bicyclic) bond motifs is 2. The summed E-state index contributed by atoms with van der Waals surface area (Å²) in [6.07, 6.45) is 3.95. The summed E-state index contributed by atoms with van der Waals surface area (Å²) in [5, 5.41) is 1.06. The summed E-state index contributed by atoms with van der Waals surface area (Å²) >= 11 is 0. The van der Waals surface area contributed by atoms with Gasteiger partial charge in [0.25, 0.3) is 5.56 Å². The van der Waals surface area contributed by atoms with Gasteiger partial charge in [-0.05, 0) is 54.3 Å². The number of nitrogens with one attached hydrogen (secondary N) is 1. The third-order valence-corrected chi connectivity index (χ3v) is 5.56. The monoisotopic (exact) mass is 370 g/mol. The lowest BCUT2D eigenvalue weighted by molar-refractivity contribution is 0.171. The molecule has 0 bridgehead atoms. The fourth-order valence-electron chi connectivity index (χ4n) is 4.17. The van der Waals surface area contributed by atoms with E-state index in [1.54, 1.807) is 0 Å². The van der Waals surface area contributed by atoms with Gasteiger partial charge in [0.05, 0.1) is 11.7 Å². The lowest BCUT2D eigenvalue weighted by Crippen LogP contribution is -2.39. The maximum absolute atomic E-state index is 12.8. The van der Waals surface area contributed by atoms with E-state index in [0.29, 0.717) is 6.54 Å². The van der Waals surface area contributed by atoms with Crippen LogP contribution in [-0.4, -0.2) is 26.0 Å². The number of H-pyrrole nitrogens is 1. The highest BCUT2D eigenvalue weighted by atomic mass is 16.1. The number of aromatic amines is 1. The summed E-state index contributed by atoms with van der Waals surface area (Å²) in [5.74, 6) is 0. The zero-order chi connectivity index (χ0) is 19.1. The molecule has 5 nitrogen and oxygen atoms in total. The van der Waals surface area contributed by atoms with Gasteiger partial charge in [0.15, 0.2) is 0 Å². The molecule has 1 N–H and O–H groups in total. The molecule has 0 amide bonds. The van der Waals surface area contributed by atoms with E-state index in [0.717, 1.165) is 40.8 Å². The van der Waals surface area contributed by atoms with E-state index in [2.05, 4.69) is 56.0 Å². The highest BCUT2D eigenvalue weighted by Crippen LogP contribution is 2.32. The Labute approximate surface area is 163 Å². The van der Waals surface area contributed by atoms with Crippen LogP contribution >= 0.6 is 0 Å². The molecule has 5 heteroatoms. The van der Waals surface area contributed by atoms with Crippen molar-refractivity contribution in [2.24, 2.45) is 0 Å². The second-order valence-electron chi connectivity index (χ2n) is 7.47. The first-order chi connectivity index (χ1) is 13.7. The van der Waals surface area contributed by atoms with E-state index >= 15 is 0 Å². The molecular weight excluding hydrogens is 348 g/mol. The van der Waals surface area contributed by atoms with Crippen molar-refractivity contribution in [2.45, 2.75) is 26.1 Å². The van der Waals surface area contributed by atoms with Gasteiger partial charge in [0.2, 0.25) is 0 Å². The first-order valence-corrected chi connectivity index (χ1v) is 9.61. The highest BCUT2D eigenvalue weighted by Gasteiger charge is 2.30. The minimum absolute atomic E-state index is 0.0150. The number of aromatic nitrogens is 3. The van der Waals surface area contributed by atoms with Crippen molar-refractivity contribution in [1.29, 1.82) is 0 Å². The van der Waals surface area contributed by atoms with E-state index in [9.17, 15) is 4.79 Å². The zero-order valence-corrected chi connectivity index (χ0v) is 15.8. The molecule has 4 heterocycles. The van der Waals surface area contributed by atoms with Crippen molar-refractivity contribution in [1.82, 2.24) is 19.4 Å². The largest absolute Gasteiger partial charge is 0.348 e. The Hall–Kier alpha value is -3.18. The van der Waals surface area contributed by atoms with Gasteiger partial charge in [-0.25, -0.2) is 0 Å². The van der Waals surface area contributed by atoms with E-state index in [-0.39, 0.29) is 11.6 Å². The van der Waals surface area contributed by atoms with Crippen LogP contribution in [-0.2, 0) is 13.1 Å². The average Bonchev–Trinajstić information content (AvgIpc) is 3.18. The number of pyridine rings is 2. The summed E-state index contributed by atoms with van der Waals surface area (Å²) < 4.78 is 2.28. The van der Waals surface area contributed by atoms with E-state index < -0.39 is 0 Å². The van der Waals surface area contributed by atoms with Crippen LogP contribution in [0.15, 0.2) is 71.8 Å². The normalized spacial score (nSPS) is 17.0. The van der Waals surface area contributed by atoms with Crippen LogP contribution in [0.25, 0.3) is 10.9 Å². The van der Waals surface area contributed by atoms with Crippen molar-refractivity contribution in [3.05, 3.63) is 99.9 Å². The van der Waals surface area contributed by atoms with Crippen molar-refractivity contribution < 1.29 is 0 Å². The maximum Gasteiger partial charge on any atom is 0.252 e. The molecule has 5 rings (SSSR count). The van der Waals surface area contributed by atoms with Gasteiger partial charge in [-0.3, -0.25) is 14.7 Å². The number of aryl methyl sites for hydroxylation is 1. The first kappa shape index (κ1) is 17.0. The predicted octanol–water partition coefficient (Wildman–Crippen LogP) is 3.64. The van der Waals surface area contributed by atoms with Crippen LogP contribution in [0.3, 0.4) is 0 Å². The molecule has 0 aliphatic carbocycles. The molecule has 0 saturated carbocycles. The topological polar surface area (TPSA) is 53.9 Å². The molecule has 0 fully saturated rings. The van der Waals surface area contributed by atoms with Gasteiger partial charge in [-0.2, -0.15) is 0 Å².